The van der Waals surface area contributed by atoms with E-state index in [4.69, 9.17) is 0 Å². The van der Waals surface area contributed by atoms with E-state index >= 15 is 0 Å². The number of nitrogens with zero attached hydrogens (tertiary/aromatic N) is 3. The first-order valence-electron chi connectivity index (χ1n) is 9.95. The maximum atomic E-state index is 13.0. The number of carbonyl (C=O) groups excluding carboxylic acids is 1. The van der Waals surface area contributed by atoms with Crippen LogP contribution in [0.4, 0.5) is 16.2 Å². The highest BCUT2D eigenvalue weighted by Crippen LogP contribution is 2.27. The van der Waals surface area contributed by atoms with Gasteiger partial charge in [0.1, 0.15) is 16.4 Å². The van der Waals surface area contributed by atoms with Gasteiger partial charge in [0.25, 0.3) is 15.6 Å². The van der Waals surface area contributed by atoms with Crippen LogP contribution in [0.2, 0.25) is 0 Å². The summed E-state index contributed by atoms with van der Waals surface area (Å²) in [5, 5.41) is 6.19. The number of thiophene rings is 1. The van der Waals surface area contributed by atoms with E-state index < -0.39 is 16.1 Å². The van der Waals surface area contributed by atoms with E-state index in [1.54, 1.807) is 19.1 Å². The van der Waals surface area contributed by atoms with E-state index in [2.05, 4.69) is 20.6 Å². The van der Waals surface area contributed by atoms with E-state index in [0.29, 0.717) is 16.7 Å². The van der Waals surface area contributed by atoms with Crippen LogP contribution in [-0.4, -0.2) is 35.5 Å². The molecule has 1 aliphatic rings. The molecule has 0 aliphatic carbocycles. The third-order valence-corrected chi connectivity index (χ3v) is 8.01. The van der Waals surface area contributed by atoms with Crippen molar-refractivity contribution in [2.75, 3.05) is 17.2 Å². The molecule has 0 saturated carbocycles. The normalized spacial score (nSPS) is 12.9. The fourth-order valence-electron chi connectivity index (χ4n) is 3.65. The Morgan fingerprint density at radius 3 is 2.73 bits per heavy atom. The van der Waals surface area contributed by atoms with E-state index in [-0.39, 0.29) is 15.5 Å². The SMILES string of the molecule is Cc1ccc(S(=O)(=O)NC(=O)Nc2ccc(-n3cnc4c5c(ccc4c3=O)NCC5)nc2)s1. The minimum Gasteiger partial charge on any atom is -0.384 e. The first-order valence-corrected chi connectivity index (χ1v) is 12.3. The van der Waals surface area contributed by atoms with Crippen molar-refractivity contribution < 1.29 is 13.2 Å². The van der Waals surface area contributed by atoms with Crippen LogP contribution in [-0.2, 0) is 16.4 Å². The van der Waals surface area contributed by atoms with Crippen molar-refractivity contribution in [2.45, 2.75) is 17.6 Å². The molecule has 0 radical (unpaired) electrons. The Morgan fingerprint density at radius 1 is 1.15 bits per heavy atom. The second-order valence-corrected chi connectivity index (χ2v) is 10.6. The molecule has 5 rings (SSSR count). The standard InChI is InChI=1S/C21H18N6O4S2/c1-12-2-7-18(32-12)33(30,31)26-21(29)25-13-3-6-17(23-10-13)27-11-24-19-14-8-9-22-16(14)5-4-15(19)20(27)28/h2-7,10-11,22H,8-9H2,1H3,(H2,25,26,29). The molecule has 3 aromatic heterocycles. The van der Waals surface area contributed by atoms with Crippen LogP contribution in [0.3, 0.4) is 0 Å². The molecule has 0 spiro atoms. The maximum absolute atomic E-state index is 13.0. The number of anilines is 2. The van der Waals surface area contributed by atoms with Gasteiger partial charge in [-0.2, -0.15) is 0 Å². The molecular weight excluding hydrogens is 464 g/mol. The molecular formula is C21H18N6O4S2. The van der Waals surface area contributed by atoms with Gasteiger partial charge in [-0.05, 0) is 49.7 Å². The van der Waals surface area contributed by atoms with Crippen LogP contribution in [0.1, 0.15) is 10.4 Å². The number of benzene rings is 1. The number of amides is 2. The lowest BCUT2D eigenvalue weighted by Crippen LogP contribution is -2.34. The molecule has 4 heterocycles. The number of rotatable bonds is 4. The molecule has 0 bridgehead atoms. The minimum absolute atomic E-state index is 0.0493. The Kier molecular flexibility index (Phi) is 5.10. The van der Waals surface area contributed by atoms with Crippen molar-refractivity contribution in [3.8, 4) is 5.82 Å². The Labute approximate surface area is 192 Å². The molecule has 2 amide bonds. The van der Waals surface area contributed by atoms with Crippen molar-refractivity contribution >= 4 is 49.7 Å². The molecule has 0 atom stereocenters. The number of urea groups is 1. The third kappa shape index (κ3) is 3.94. The quantitative estimate of drug-likeness (QED) is 0.407. The second-order valence-electron chi connectivity index (χ2n) is 7.41. The summed E-state index contributed by atoms with van der Waals surface area (Å²) in [6.07, 6.45) is 3.58. The second kappa shape index (κ2) is 7.98. The molecule has 33 heavy (non-hydrogen) atoms. The zero-order chi connectivity index (χ0) is 23.2. The van der Waals surface area contributed by atoms with Crippen LogP contribution in [0.15, 0.2) is 57.9 Å². The van der Waals surface area contributed by atoms with Gasteiger partial charge in [-0.3, -0.25) is 9.36 Å². The van der Waals surface area contributed by atoms with Crippen LogP contribution in [0.5, 0.6) is 0 Å². The predicted octanol–water partition coefficient (Wildman–Crippen LogP) is 2.63. The first-order chi connectivity index (χ1) is 15.8. The van der Waals surface area contributed by atoms with E-state index in [9.17, 15) is 18.0 Å². The molecule has 0 fully saturated rings. The van der Waals surface area contributed by atoms with Gasteiger partial charge in [-0.25, -0.2) is 27.9 Å². The summed E-state index contributed by atoms with van der Waals surface area (Å²) >= 11 is 1.07. The topological polar surface area (TPSA) is 135 Å². The predicted molar refractivity (Wildman–Crippen MR) is 126 cm³/mol. The van der Waals surface area contributed by atoms with Crippen molar-refractivity contribution in [1.29, 1.82) is 0 Å². The zero-order valence-electron chi connectivity index (χ0n) is 17.3. The number of nitrogens with one attached hydrogen (secondary N) is 3. The van der Waals surface area contributed by atoms with E-state index in [1.165, 1.54) is 35.3 Å². The third-order valence-electron chi connectivity index (χ3n) is 5.18. The molecule has 1 aromatic carbocycles. The molecule has 0 unspecified atom stereocenters. The number of aryl methyl sites for hydroxylation is 1. The molecule has 168 valence electrons. The number of sulfonamides is 1. The lowest BCUT2D eigenvalue weighted by Gasteiger charge is -2.10. The Morgan fingerprint density at radius 2 is 2.00 bits per heavy atom. The maximum Gasteiger partial charge on any atom is 0.333 e. The van der Waals surface area contributed by atoms with Crippen LogP contribution in [0, 0.1) is 6.92 Å². The monoisotopic (exact) mass is 482 g/mol. The van der Waals surface area contributed by atoms with Gasteiger partial charge in [-0.15, -0.1) is 11.3 Å². The number of hydrogen-bond donors (Lipinski definition) is 3. The number of carbonyl (C=O) groups is 1. The summed E-state index contributed by atoms with van der Waals surface area (Å²) in [6, 6.07) is 8.86. The van der Waals surface area contributed by atoms with Crippen molar-refractivity contribution in [1.82, 2.24) is 19.3 Å². The Balaban J connectivity index is 1.35. The summed E-state index contributed by atoms with van der Waals surface area (Å²) in [4.78, 5) is 34.7. The molecule has 4 aromatic rings. The highest BCUT2D eigenvalue weighted by Gasteiger charge is 2.20. The Bertz CT molecular complexity index is 1560. The average molecular weight is 483 g/mol. The highest BCUT2D eigenvalue weighted by atomic mass is 32.2. The van der Waals surface area contributed by atoms with Crippen molar-refractivity contribution in [2.24, 2.45) is 0 Å². The van der Waals surface area contributed by atoms with Gasteiger partial charge in [-0.1, -0.05) is 0 Å². The number of hydrogen-bond acceptors (Lipinski definition) is 8. The first kappa shape index (κ1) is 21.1. The lowest BCUT2D eigenvalue weighted by atomic mass is 10.1. The summed E-state index contributed by atoms with van der Waals surface area (Å²) < 4.78 is 27.9. The largest absolute Gasteiger partial charge is 0.384 e. The summed E-state index contributed by atoms with van der Waals surface area (Å²) in [5.74, 6) is 0.320. The van der Waals surface area contributed by atoms with Gasteiger partial charge in [0, 0.05) is 22.7 Å². The van der Waals surface area contributed by atoms with Gasteiger partial charge in [0.05, 0.1) is 22.8 Å². The van der Waals surface area contributed by atoms with E-state index in [0.717, 1.165) is 40.4 Å². The summed E-state index contributed by atoms with van der Waals surface area (Å²) in [7, 11) is -3.96. The summed E-state index contributed by atoms with van der Waals surface area (Å²) in [5.41, 5.74) is 2.71. The molecule has 1 aliphatic heterocycles. The highest BCUT2D eigenvalue weighted by molar-refractivity contribution is 7.92. The zero-order valence-corrected chi connectivity index (χ0v) is 19.0. The van der Waals surface area contributed by atoms with E-state index in [1.807, 2.05) is 10.8 Å². The van der Waals surface area contributed by atoms with Gasteiger partial charge >= 0.3 is 6.03 Å². The average Bonchev–Trinajstić information content (AvgIpc) is 3.44. The minimum atomic E-state index is -3.96. The number of pyridine rings is 1. The molecule has 12 heteroatoms. The summed E-state index contributed by atoms with van der Waals surface area (Å²) in [6.45, 7) is 2.59. The van der Waals surface area contributed by atoms with Crippen molar-refractivity contribution in [3.05, 3.63) is 69.7 Å². The molecule has 3 N–H and O–H groups in total. The molecule has 0 saturated heterocycles. The Hall–Kier alpha value is -3.77. The van der Waals surface area contributed by atoms with Gasteiger partial charge in [0.2, 0.25) is 0 Å². The van der Waals surface area contributed by atoms with Crippen LogP contribution < -0.4 is 20.9 Å². The fourth-order valence-corrected chi connectivity index (χ4v) is 5.84. The lowest BCUT2D eigenvalue weighted by molar-refractivity contribution is 0.256. The molecule has 10 nitrogen and oxygen atoms in total. The van der Waals surface area contributed by atoms with Crippen LogP contribution >= 0.6 is 11.3 Å². The number of aromatic nitrogens is 3. The van der Waals surface area contributed by atoms with Gasteiger partial charge in [0.15, 0.2) is 0 Å². The van der Waals surface area contributed by atoms with Crippen LogP contribution in [0.25, 0.3) is 16.7 Å². The van der Waals surface area contributed by atoms with Gasteiger partial charge < -0.3 is 10.6 Å². The van der Waals surface area contributed by atoms with Crippen molar-refractivity contribution in [3.63, 3.8) is 0 Å². The fraction of sp³-hybridized carbons (Fsp3) is 0.143. The smallest absolute Gasteiger partial charge is 0.333 e. The number of fused-ring (bicyclic) bond motifs is 3.